The zero-order valence-electron chi connectivity index (χ0n) is 16.7. The van der Waals surface area contributed by atoms with Crippen LogP contribution in [-0.2, 0) is 20.9 Å². The van der Waals surface area contributed by atoms with Gasteiger partial charge in [-0.05, 0) is 43.1 Å². The quantitative estimate of drug-likeness (QED) is 0.861. The number of carbonyl (C=O) groups is 2. The molecule has 5 heteroatoms. The van der Waals surface area contributed by atoms with E-state index in [1.807, 2.05) is 44.2 Å². The second kappa shape index (κ2) is 8.42. The van der Waals surface area contributed by atoms with E-state index in [0.29, 0.717) is 25.5 Å². The van der Waals surface area contributed by atoms with E-state index >= 15 is 0 Å². The molecular weight excluding hydrogens is 340 g/mol. The van der Waals surface area contributed by atoms with Gasteiger partial charge in [0.05, 0.1) is 6.61 Å². The Hall–Kier alpha value is -1.88. The minimum absolute atomic E-state index is 0.0388. The van der Waals surface area contributed by atoms with Crippen LogP contribution in [0.3, 0.4) is 0 Å². The molecule has 1 saturated carbocycles. The van der Waals surface area contributed by atoms with Crippen LogP contribution in [0.15, 0.2) is 30.3 Å². The lowest BCUT2D eigenvalue weighted by molar-refractivity contribution is -0.162. The van der Waals surface area contributed by atoms with E-state index in [2.05, 4.69) is 12.2 Å². The number of carbonyl (C=O) groups excluding carboxylic acids is 2. The second-order valence-corrected chi connectivity index (χ2v) is 8.52. The first-order chi connectivity index (χ1) is 12.9. The van der Waals surface area contributed by atoms with Gasteiger partial charge in [0, 0.05) is 13.0 Å². The average molecular weight is 373 g/mol. The van der Waals surface area contributed by atoms with Crippen molar-refractivity contribution < 1.29 is 14.3 Å². The fourth-order valence-corrected chi connectivity index (χ4v) is 4.21. The summed E-state index contributed by atoms with van der Waals surface area (Å²) < 4.78 is 6.18. The van der Waals surface area contributed by atoms with Gasteiger partial charge >= 0.3 is 0 Å². The van der Waals surface area contributed by atoms with Gasteiger partial charge in [0.2, 0.25) is 11.8 Å². The van der Waals surface area contributed by atoms with Gasteiger partial charge in [0.15, 0.2) is 0 Å². The Morgan fingerprint density at radius 3 is 2.52 bits per heavy atom. The molecule has 0 aromatic heterocycles. The summed E-state index contributed by atoms with van der Waals surface area (Å²) in [6.07, 6.45) is 4.15. The predicted octanol–water partition coefficient (Wildman–Crippen LogP) is 3.48. The average Bonchev–Trinajstić information content (AvgIpc) is 3.02. The summed E-state index contributed by atoms with van der Waals surface area (Å²) in [6, 6.07) is 9.30. The lowest BCUT2D eigenvalue weighted by Crippen LogP contribution is -2.56. The molecule has 1 saturated heterocycles. The van der Waals surface area contributed by atoms with Gasteiger partial charge < -0.3 is 10.1 Å². The number of hydrogen-bond donors (Lipinski definition) is 1. The first-order valence-corrected chi connectivity index (χ1v) is 10.2. The van der Waals surface area contributed by atoms with Crippen LogP contribution in [0.5, 0.6) is 0 Å². The summed E-state index contributed by atoms with van der Waals surface area (Å²) in [6.45, 7) is 7.07. The standard InChI is InChI=1S/C22H32N2O3/c1-16(2)13-20(25)24-19(15-27-22(24)11-9-17(3)10-12-22)21(26)23-14-18-7-5-4-6-8-18/h4-8,16-17,19H,9-15H2,1-3H3,(H,23,26). The molecular formula is C22H32N2O3. The first kappa shape index (κ1) is 19.9. The molecule has 0 bridgehead atoms. The van der Waals surface area contributed by atoms with Crippen LogP contribution < -0.4 is 5.32 Å². The van der Waals surface area contributed by atoms with Gasteiger partial charge in [-0.1, -0.05) is 51.1 Å². The van der Waals surface area contributed by atoms with Crippen molar-refractivity contribution in [1.29, 1.82) is 0 Å². The van der Waals surface area contributed by atoms with Crippen molar-refractivity contribution in [1.82, 2.24) is 10.2 Å². The Morgan fingerprint density at radius 1 is 1.22 bits per heavy atom. The predicted molar refractivity (Wildman–Crippen MR) is 105 cm³/mol. The Kier molecular flexibility index (Phi) is 6.20. The zero-order valence-corrected chi connectivity index (χ0v) is 16.7. The van der Waals surface area contributed by atoms with E-state index in [-0.39, 0.29) is 17.7 Å². The maximum Gasteiger partial charge on any atom is 0.245 e. The molecule has 1 spiro atoms. The molecule has 1 aliphatic heterocycles. The van der Waals surface area contributed by atoms with Crippen LogP contribution in [0.2, 0.25) is 0 Å². The van der Waals surface area contributed by atoms with Crippen molar-refractivity contribution in [2.24, 2.45) is 11.8 Å². The first-order valence-electron chi connectivity index (χ1n) is 10.2. The van der Waals surface area contributed by atoms with Crippen molar-refractivity contribution in [2.45, 2.75) is 71.2 Å². The van der Waals surface area contributed by atoms with Crippen LogP contribution >= 0.6 is 0 Å². The Bertz CT molecular complexity index is 651. The molecule has 1 aromatic carbocycles. The second-order valence-electron chi connectivity index (χ2n) is 8.52. The Morgan fingerprint density at radius 2 is 1.89 bits per heavy atom. The van der Waals surface area contributed by atoms with Crippen molar-refractivity contribution >= 4 is 11.8 Å². The highest BCUT2D eigenvalue weighted by molar-refractivity contribution is 5.88. The zero-order chi connectivity index (χ0) is 19.4. The van der Waals surface area contributed by atoms with Gasteiger partial charge in [-0.2, -0.15) is 0 Å². The Balaban J connectivity index is 1.74. The van der Waals surface area contributed by atoms with E-state index in [1.54, 1.807) is 4.90 Å². The van der Waals surface area contributed by atoms with Crippen LogP contribution in [0.1, 0.15) is 58.4 Å². The molecule has 1 N–H and O–H groups in total. The van der Waals surface area contributed by atoms with E-state index in [9.17, 15) is 9.59 Å². The summed E-state index contributed by atoms with van der Waals surface area (Å²) in [5.41, 5.74) is 0.457. The summed E-state index contributed by atoms with van der Waals surface area (Å²) in [7, 11) is 0. The molecule has 1 aliphatic carbocycles. The summed E-state index contributed by atoms with van der Waals surface area (Å²) in [5.74, 6) is 0.821. The van der Waals surface area contributed by atoms with Crippen LogP contribution in [0.4, 0.5) is 0 Å². The monoisotopic (exact) mass is 372 g/mol. The lowest BCUT2D eigenvalue weighted by Gasteiger charge is -2.43. The summed E-state index contributed by atoms with van der Waals surface area (Å²) in [5, 5.41) is 3.00. The third kappa shape index (κ3) is 4.52. The number of nitrogens with zero attached hydrogens (tertiary/aromatic N) is 1. The normalized spacial score (nSPS) is 27.9. The molecule has 5 nitrogen and oxygen atoms in total. The molecule has 1 unspecified atom stereocenters. The summed E-state index contributed by atoms with van der Waals surface area (Å²) in [4.78, 5) is 27.8. The van der Waals surface area contributed by atoms with Crippen LogP contribution in [0, 0.1) is 11.8 Å². The minimum atomic E-state index is -0.590. The number of rotatable bonds is 5. The summed E-state index contributed by atoms with van der Waals surface area (Å²) >= 11 is 0. The van der Waals surface area contributed by atoms with E-state index < -0.39 is 11.8 Å². The fourth-order valence-electron chi connectivity index (χ4n) is 4.21. The van der Waals surface area contributed by atoms with Gasteiger partial charge in [0.1, 0.15) is 11.8 Å². The molecule has 148 valence electrons. The molecule has 3 rings (SSSR count). The highest BCUT2D eigenvalue weighted by atomic mass is 16.5. The number of ether oxygens (including phenoxy) is 1. The smallest absolute Gasteiger partial charge is 0.245 e. The molecule has 2 aliphatic rings. The van der Waals surface area contributed by atoms with E-state index in [4.69, 9.17) is 4.74 Å². The molecule has 27 heavy (non-hydrogen) atoms. The molecule has 2 fully saturated rings. The fraction of sp³-hybridized carbons (Fsp3) is 0.636. The molecule has 0 radical (unpaired) electrons. The van der Waals surface area contributed by atoms with Gasteiger partial charge in [-0.15, -0.1) is 0 Å². The van der Waals surface area contributed by atoms with Gasteiger partial charge in [-0.3, -0.25) is 14.5 Å². The molecule has 1 heterocycles. The van der Waals surface area contributed by atoms with Crippen LogP contribution in [-0.4, -0.2) is 35.1 Å². The highest BCUT2D eigenvalue weighted by Gasteiger charge is 2.53. The topological polar surface area (TPSA) is 58.6 Å². The number of nitrogens with one attached hydrogen (secondary N) is 1. The van der Waals surface area contributed by atoms with Gasteiger partial charge in [-0.25, -0.2) is 0 Å². The number of amides is 2. The van der Waals surface area contributed by atoms with Crippen molar-refractivity contribution in [3.63, 3.8) is 0 Å². The largest absolute Gasteiger partial charge is 0.353 e. The van der Waals surface area contributed by atoms with Gasteiger partial charge in [0.25, 0.3) is 0 Å². The minimum Gasteiger partial charge on any atom is -0.353 e. The maximum atomic E-state index is 13.1. The maximum absolute atomic E-state index is 13.1. The molecule has 2 amide bonds. The third-order valence-corrected chi connectivity index (χ3v) is 5.78. The van der Waals surface area contributed by atoms with E-state index in [0.717, 1.165) is 31.2 Å². The highest BCUT2D eigenvalue weighted by Crippen LogP contribution is 2.42. The number of benzene rings is 1. The molecule has 1 atom stereocenters. The third-order valence-electron chi connectivity index (χ3n) is 5.78. The Labute approximate surface area is 162 Å². The van der Waals surface area contributed by atoms with Crippen molar-refractivity contribution in [2.75, 3.05) is 6.61 Å². The SMILES string of the molecule is CC(C)CC(=O)N1C(C(=O)NCc2ccccc2)COC12CCC(C)CC2. The molecule has 1 aromatic rings. The van der Waals surface area contributed by atoms with Crippen molar-refractivity contribution in [3.8, 4) is 0 Å². The van der Waals surface area contributed by atoms with E-state index in [1.165, 1.54) is 0 Å². The lowest BCUT2D eigenvalue weighted by atomic mass is 9.83. The van der Waals surface area contributed by atoms with Crippen LogP contribution in [0.25, 0.3) is 0 Å². The van der Waals surface area contributed by atoms with Crippen molar-refractivity contribution in [3.05, 3.63) is 35.9 Å². The number of hydrogen-bond acceptors (Lipinski definition) is 3.